The summed E-state index contributed by atoms with van der Waals surface area (Å²) in [5, 5.41) is 1.25. The predicted molar refractivity (Wildman–Crippen MR) is 59.9 cm³/mol. The lowest BCUT2D eigenvalue weighted by molar-refractivity contribution is 0.605. The zero-order valence-electron chi connectivity index (χ0n) is 7.27. The zero-order chi connectivity index (χ0) is 10.3. The lowest BCUT2D eigenvalue weighted by Gasteiger charge is -2.01. The Morgan fingerprint density at radius 1 is 1.36 bits per heavy atom. The second kappa shape index (κ2) is 3.03. The van der Waals surface area contributed by atoms with E-state index in [9.17, 15) is 8.42 Å². The van der Waals surface area contributed by atoms with Crippen molar-refractivity contribution in [1.29, 1.82) is 0 Å². The molecule has 0 amide bonds. The standard InChI is InChI=1S/C9H9NO2S2/c10-7-1-2-8-6(4-13)5-14(11,12)9(8)3-7/h1-3,5,13H,4,10H2. The first-order valence-corrected chi connectivity index (χ1v) is 6.19. The average molecular weight is 227 g/mol. The van der Waals surface area contributed by atoms with Gasteiger partial charge in [0.2, 0.25) is 9.84 Å². The number of benzene rings is 1. The Labute approximate surface area is 88.0 Å². The molecule has 1 aliphatic heterocycles. The van der Waals surface area contributed by atoms with E-state index in [0.717, 1.165) is 5.57 Å². The van der Waals surface area contributed by atoms with Crippen LogP contribution in [0.1, 0.15) is 5.56 Å². The molecule has 0 spiro atoms. The van der Waals surface area contributed by atoms with Gasteiger partial charge in [0.1, 0.15) is 0 Å². The van der Waals surface area contributed by atoms with Gasteiger partial charge in [-0.05, 0) is 23.3 Å². The van der Waals surface area contributed by atoms with Gasteiger partial charge in [-0.25, -0.2) is 8.42 Å². The second-order valence-corrected chi connectivity index (χ2v) is 5.18. The maximum Gasteiger partial charge on any atom is 0.200 e. The third kappa shape index (κ3) is 1.33. The molecule has 0 aliphatic carbocycles. The number of anilines is 1. The molecule has 5 heteroatoms. The van der Waals surface area contributed by atoms with E-state index < -0.39 is 9.84 Å². The maximum absolute atomic E-state index is 11.6. The topological polar surface area (TPSA) is 60.2 Å². The highest BCUT2D eigenvalue weighted by Crippen LogP contribution is 2.34. The molecule has 1 aliphatic rings. The number of hydrogen-bond acceptors (Lipinski definition) is 4. The van der Waals surface area contributed by atoms with E-state index in [-0.39, 0.29) is 0 Å². The lowest BCUT2D eigenvalue weighted by atomic mass is 10.1. The molecule has 2 N–H and O–H groups in total. The van der Waals surface area contributed by atoms with Gasteiger partial charge in [-0.15, -0.1) is 0 Å². The molecule has 0 saturated carbocycles. The third-order valence-electron chi connectivity index (χ3n) is 2.13. The summed E-state index contributed by atoms with van der Waals surface area (Å²) in [5.74, 6) is 0.413. The van der Waals surface area contributed by atoms with Crippen LogP contribution in [0.2, 0.25) is 0 Å². The van der Waals surface area contributed by atoms with Gasteiger partial charge in [-0.2, -0.15) is 12.6 Å². The molecule has 3 nitrogen and oxygen atoms in total. The largest absolute Gasteiger partial charge is 0.399 e. The minimum absolute atomic E-state index is 0.293. The zero-order valence-corrected chi connectivity index (χ0v) is 8.98. The molecular formula is C9H9NO2S2. The Balaban J connectivity index is 2.75. The number of fused-ring (bicyclic) bond motifs is 1. The van der Waals surface area contributed by atoms with Crippen LogP contribution in [0, 0.1) is 0 Å². The van der Waals surface area contributed by atoms with E-state index in [1.165, 1.54) is 11.5 Å². The summed E-state index contributed by atoms with van der Waals surface area (Å²) < 4.78 is 23.2. The summed E-state index contributed by atoms with van der Waals surface area (Å²) in [6.45, 7) is 0. The molecule has 0 unspecified atom stereocenters. The minimum Gasteiger partial charge on any atom is -0.399 e. The molecule has 14 heavy (non-hydrogen) atoms. The Hall–Kier alpha value is -0.940. The number of nitrogens with two attached hydrogens (primary N) is 1. The highest BCUT2D eigenvalue weighted by atomic mass is 32.2. The van der Waals surface area contributed by atoms with Gasteiger partial charge in [0, 0.05) is 16.8 Å². The van der Waals surface area contributed by atoms with E-state index in [0.29, 0.717) is 21.9 Å². The van der Waals surface area contributed by atoms with Gasteiger partial charge in [-0.1, -0.05) is 6.07 Å². The summed E-state index contributed by atoms with van der Waals surface area (Å²) in [5.41, 5.74) is 7.43. The number of rotatable bonds is 1. The molecule has 0 aromatic heterocycles. The molecule has 1 heterocycles. The van der Waals surface area contributed by atoms with Crippen molar-refractivity contribution in [2.75, 3.05) is 11.5 Å². The highest BCUT2D eigenvalue weighted by molar-refractivity contribution is 7.95. The van der Waals surface area contributed by atoms with E-state index in [2.05, 4.69) is 12.6 Å². The third-order valence-corrected chi connectivity index (χ3v) is 4.01. The summed E-state index contributed by atoms with van der Waals surface area (Å²) in [4.78, 5) is 0.293. The van der Waals surface area contributed by atoms with Gasteiger partial charge < -0.3 is 5.73 Å². The fraction of sp³-hybridized carbons (Fsp3) is 0.111. The summed E-state index contributed by atoms with van der Waals surface area (Å²) >= 11 is 4.08. The lowest BCUT2D eigenvalue weighted by Crippen LogP contribution is -1.95. The maximum atomic E-state index is 11.6. The van der Waals surface area contributed by atoms with Crippen molar-refractivity contribution in [3.05, 3.63) is 29.2 Å². The molecule has 1 aromatic rings. The first kappa shape index (κ1) is 9.61. The quantitative estimate of drug-likeness (QED) is 0.562. The van der Waals surface area contributed by atoms with Crippen LogP contribution >= 0.6 is 12.6 Å². The van der Waals surface area contributed by atoms with E-state index >= 15 is 0 Å². The molecule has 0 bridgehead atoms. The molecule has 0 atom stereocenters. The van der Waals surface area contributed by atoms with Crippen molar-refractivity contribution in [2.45, 2.75) is 4.90 Å². The van der Waals surface area contributed by atoms with Gasteiger partial charge in [0.15, 0.2) is 0 Å². The molecule has 0 fully saturated rings. The van der Waals surface area contributed by atoms with Crippen LogP contribution in [0.25, 0.3) is 5.57 Å². The van der Waals surface area contributed by atoms with Gasteiger partial charge in [0.05, 0.1) is 4.90 Å². The van der Waals surface area contributed by atoms with E-state index in [1.54, 1.807) is 12.1 Å². The molecular weight excluding hydrogens is 218 g/mol. The van der Waals surface area contributed by atoms with Crippen molar-refractivity contribution in [2.24, 2.45) is 0 Å². The Kier molecular flexibility index (Phi) is 2.08. The van der Waals surface area contributed by atoms with Crippen LogP contribution in [0.15, 0.2) is 28.5 Å². The minimum atomic E-state index is -3.28. The summed E-state index contributed by atoms with van der Waals surface area (Å²) in [7, 11) is -3.28. The predicted octanol–water partition coefficient (Wildman–Crippen LogP) is 1.33. The molecule has 0 radical (unpaired) electrons. The average Bonchev–Trinajstić information content (AvgIpc) is 2.38. The van der Waals surface area contributed by atoms with Crippen LogP contribution in [0.3, 0.4) is 0 Å². The molecule has 0 saturated heterocycles. The van der Waals surface area contributed by atoms with E-state index in [1.807, 2.05) is 0 Å². The number of thiol groups is 1. The highest BCUT2D eigenvalue weighted by Gasteiger charge is 2.25. The van der Waals surface area contributed by atoms with Crippen LogP contribution in [-0.4, -0.2) is 14.2 Å². The SMILES string of the molecule is Nc1ccc2c(c1)S(=O)(=O)C=C2CS. The normalized spacial score (nSPS) is 17.6. The monoisotopic (exact) mass is 227 g/mol. The van der Waals surface area contributed by atoms with Gasteiger partial charge in [-0.3, -0.25) is 0 Å². The van der Waals surface area contributed by atoms with Crippen molar-refractivity contribution < 1.29 is 8.42 Å². The Morgan fingerprint density at radius 2 is 2.07 bits per heavy atom. The molecule has 74 valence electrons. The fourth-order valence-corrected chi connectivity index (χ4v) is 3.38. The van der Waals surface area contributed by atoms with Crippen LogP contribution in [0.5, 0.6) is 0 Å². The van der Waals surface area contributed by atoms with Gasteiger partial charge in [0.25, 0.3) is 0 Å². The fourth-order valence-electron chi connectivity index (χ4n) is 1.48. The van der Waals surface area contributed by atoms with Crippen molar-refractivity contribution >= 4 is 33.7 Å². The summed E-state index contributed by atoms with van der Waals surface area (Å²) in [6, 6.07) is 4.89. The van der Waals surface area contributed by atoms with Crippen LogP contribution in [0.4, 0.5) is 5.69 Å². The first-order chi connectivity index (χ1) is 6.54. The van der Waals surface area contributed by atoms with E-state index in [4.69, 9.17) is 5.73 Å². The Morgan fingerprint density at radius 3 is 2.71 bits per heavy atom. The van der Waals surface area contributed by atoms with Gasteiger partial charge >= 0.3 is 0 Å². The summed E-state index contributed by atoms with van der Waals surface area (Å²) in [6.07, 6.45) is 0. The molecule has 2 rings (SSSR count). The number of nitrogen functional groups attached to an aromatic ring is 1. The molecule has 1 aromatic carbocycles. The second-order valence-electron chi connectivity index (χ2n) is 3.10. The van der Waals surface area contributed by atoms with Crippen molar-refractivity contribution in [1.82, 2.24) is 0 Å². The first-order valence-electron chi connectivity index (χ1n) is 4.01. The van der Waals surface area contributed by atoms with Crippen molar-refractivity contribution in [3.63, 3.8) is 0 Å². The van der Waals surface area contributed by atoms with Crippen molar-refractivity contribution in [3.8, 4) is 0 Å². The number of sulfone groups is 1. The van der Waals surface area contributed by atoms with Crippen LogP contribution in [-0.2, 0) is 9.84 Å². The smallest absolute Gasteiger partial charge is 0.200 e. The van der Waals surface area contributed by atoms with Crippen LogP contribution < -0.4 is 5.73 Å². The number of hydrogen-bond donors (Lipinski definition) is 2. The Bertz CT molecular complexity index is 518.